The number of fused-ring (bicyclic) bond motifs is 1. The van der Waals surface area contributed by atoms with Crippen molar-refractivity contribution in [2.24, 2.45) is 0 Å². The molecule has 0 radical (unpaired) electrons. The van der Waals surface area contributed by atoms with E-state index in [1.54, 1.807) is 6.07 Å². The lowest BCUT2D eigenvalue weighted by Crippen LogP contribution is -2.01. The summed E-state index contributed by atoms with van der Waals surface area (Å²) in [6, 6.07) is 13.5. The summed E-state index contributed by atoms with van der Waals surface area (Å²) in [5.74, 6) is 0. The van der Waals surface area contributed by atoms with Gasteiger partial charge in [0.05, 0.1) is 12.1 Å². The molecular formula is C16H13Cl2NO. The minimum atomic E-state index is 0.0235. The summed E-state index contributed by atoms with van der Waals surface area (Å²) in [6.45, 7) is 0.673. The van der Waals surface area contributed by atoms with Gasteiger partial charge < -0.3 is 9.67 Å². The van der Waals surface area contributed by atoms with Crippen LogP contribution >= 0.6 is 23.2 Å². The van der Waals surface area contributed by atoms with Crippen molar-refractivity contribution >= 4 is 34.1 Å². The van der Waals surface area contributed by atoms with Crippen molar-refractivity contribution in [1.82, 2.24) is 4.57 Å². The molecule has 1 N–H and O–H groups in total. The molecule has 0 atom stereocenters. The van der Waals surface area contributed by atoms with Crippen LogP contribution in [0.15, 0.2) is 48.7 Å². The molecule has 3 rings (SSSR count). The summed E-state index contributed by atoms with van der Waals surface area (Å²) in [4.78, 5) is 0. The SMILES string of the molecule is OCc1cccc2ccn(Cc3ccc(Cl)cc3Cl)c12. The van der Waals surface area contributed by atoms with Gasteiger partial charge >= 0.3 is 0 Å². The average Bonchev–Trinajstić information content (AvgIpc) is 2.85. The maximum atomic E-state index is 9.48. The molecular weight excluding hydrogens is 293 g/mol. The lowest BCUT2D eigenvalue weighted by atomic mass is 10.1. The predicted octanol–water partition coefficient (Wildman–Crippen LogP) is 4.49. The lowest BCUT2D eigenvalue weighted by molar-refractivity contribution is 0.283. The maximum Gasteiger partial charge on any atom is 0.0702 e. The van der Waals surface area contributed by atoms with Crippen LogP contribution in [0, 0.1) is 0 Å². The second-order valence-corrected chi connectivity index (χ2v) is 5.54. The molecule has 4 heteroatoms. The van der Waals surface area contributed by atoms with E-state index in [1.165, 1.54) is 0 Å². The highest BCUT2D eigenvalue weighted by atomic mass is 35.5. The Bertz CT molecular complexity index is 764. The van der Waals surface area contributed by atoms with Gasteiger partial charge in [-0.05, 0) is 29.1 Å². The first-order valence-electron chi connectivity index (χ1n) is 6.30. The number of aromatic nitrogens is 1. The van der Waals surface area contributed by atoms with Crippen LogP contribution in [-0.2, 0) is 13.2 Å². The summed E-state index contributed by atoms with van der Waals surface area (Å²) in [6.07, 6.45) is 2.01. The lowest BCUT2D eigenvalue weighted by Gasteiger charge is -2.10. The standard InChI is InChI=1S/C16H13Cl2NO/c17-14-5-4-12(15(18)8-14)9-19-7-6-11-2-1-3-13(10-20)16(11)19/h1-8,20H,9-10H2. The van der Waals surface area contributed by atoms with Crippen LogP contribution in [0.25, 0.3) is 10.9 Å². The number of halogens is 2. The molecule has 0 bridgehead atoms. The molecule has 3 aromatic rings. The number of para-hydroxylation sites is 1. The molecule has 0 aliphatic rings. The summed E-state index contributed by atoms with van der Waals surface area (Å²) in [7, 11) is 0. The minimum absolute atomic E-state index is 0.0235. The van der Waals surface area contributed by atoms with Crippen molar-refractivity contribution in [2.75, 3.05) is 0 Å². The molecule has 0 aliphatic heterocycles. The third kappa shape index (κ3) is 2.42. The third-order valence-electron chi connectivity index (χ3n) is 3.40. The molecule has 0 spiro atoms. The number of aliphatic hydroxyl groups is 1. The quantitative estimate of drug-likeness (QED) is 0.758. The van der Waals surface area contributed by atoms with E-state index in [4.69, 9.17) is 23.2 Å². The Kier molecular flexibility index (Phi) is 3.70. The summed E-state index contributed by atoms with van der Waals surface area (Å²) < 4.78 is 2.09. The molecule has 102 valence electrons. The number of aliphatic hydroxyl groups excluding tert-OH is 1. The summed E-state index contributed by atoms with van der Waals surface area (Å²) in [5.41, 5.74) is 2.96. The fourth-order valence-corrected chi connectivity index (χ4v) is 2.90. The van der Waals surface area contributed by atoms with Gasteiger partial charge in [-0.25, -0.2) is 0 Å². The van der Waals surface area contributed by atoms with Crippen molar-refractivity contribution in [2.45, 2.75) is 13.2 Å². The van der Waals surface area contributed by atoms with Crippen LogP contribution in [0.2, 0.25) is 10.0 Å². The molecule has 0 aliphatic carbocycles. The Morgan fingerprint density at radius 2 is 1.85 bits per heavy atom. The van der Waals surface area contributed by atoms with Gasteiger partial charge in [0.15, 0.2) is 0 Å². The number of hydrogen-bond donors (Lipinski definition) is 1. The van der Waals surface area contributed by atoms with Crippen molar-refractivity contribution in [3.05, 3.63) is 69.8 Å². The average molecular weight is 306 g/mol. The van der Waals surface area contributed by atoms with Crippen molar-refractivity contribution in [3.8, 4) is 0 Å². The van der Waals surface area contributed by atoms with E-state index < -0.39 is 0 Å². The van der Waals surface area contributed by atoms with Crippen LogP contribution in [0.1, 0.15) is 11.1 Å². The third-order valence-corrected chi connectivity index (χ3v) is 3.99. The minimum Gasteiger partial charge on any atom is -0.392 e. The second kappa shape index (κ2) is 5.49. The molecule has 0 saturated heterocycles. The zero-order valence-corrected chi connectivity index (χ0v) is 12.2. The van der Waals surface area contributed by atoms with E-state index in [0.29, 0.717) is 16.6 Å². The van der Waals surface area contributed by atoms with E-state index in [1.807, 2.05) is 42.6 Å². The van der Waals surface area contributed by atoms with Gasteiger partial charge in [0.25, 0.3) is 0 Å². The number of rotatable bonds is 3. The van der Waals surface area contributed by atoms with Gasteiger partial charge in [0, 0.05) is 28.4 Å². The predicted molar refractivity (Wildman–Crippen MR) is 83.4 cm³/mol. The van der Waals surface area contributed by atoms with Gasteiger partial charge in [0.1, 0.15) is 0 Å². The van der Waals surface area contributed by atoms with E-state index in [9.17, 15) is 5.11 Å². The largest absolute Gasteiger partial charge is 0.392 e. The molecule has 0 saturated carbocycles. The monoisotopic (exact) mass is 305 g/mol. The second-order valence-electron chi connectivity index (χ2n) is 4.69. The first kappa shape index (κ1) is 13.5. The van der Waals surface area contributed by atoms with Crippen molar-refractivity contribution < 1.29 is 5.11 Å². The zero-order valence-electron chi connectivity index (χ0n) is 10.7. The molecule has 0 fully saturated rings. The van der Waals surface area contributed by atoms with E-state index in [-0.39, 0.29) is 6.61 Å². The first-order valence-corrected chi connectivity index (χ1v) is 7.06. The first-order chi connectivity index (χ1) is 9.69. The molecule has 0 amide bonds. The van der Waals surface area contributed by atoms with Gasteiger partial charge in [0.2, 0.25) is 0 Å². The molecule has 20 heavy (non-hydrogen) atoms. The smallest absolute Gasteiger partial charge is 0.0702 e. The molecule has 1 aromatic heterocycles. The van der Waals surface area contributed by atoms with E-state index >= 15 is 0 Å². The van der Waals surface area contributed by atoms with Crippen LogP contribution < -0.4 is 0 Å². The van der Waals surface area contributed by atoms with Gasteiger partial charge in [-0.3, -0.25) is 0 Å². The number of hydrogen-bond acceptors (Lipinski definition) is 1. The number of nitrogens with zero attached hydrogens (tertiary/aromatic N) is 1. The fourth-order valence-electron chi connectivity index (χ4n) is 2.43. The van der Waals surface area contributed by atoms with E-state index in [0.717, 1.165) is 22.0 Å². The van der Waals surface area contributed by atoms with Crippen molar-refractivity contribution in [3.63, 3.8) is 0 Å². The highest BCUT2D eigenvalue weighted by Gasteiger charge is 2.08. The fraction of sp³-hybridized carbons (Fsp3) is 0.125. The topological polar surface area (TPSA) is 25.2 Å². The normalized spacial score (nSPS) is 11.2. The number of benzene rings is 2. The zero-order chi connectivity index (χ0) is 14.1. The van der Waals surface area contributed by atoms with Crippen LogP contribution in [-0.4, -0.2) is 9.67 Å². The highest BCUT2D eigenvalue weighted by Crippen LogP contribution is 2.25. The Hall–Kier alpha value is -1.48. The Morgan fingerprint density at radius 1 is 1.00 bits per heavy atom. The molecule has 2 nitrogen and oxygen atoms in total. The Labute approximate surface area is 127 Å². The summed E-state index contributed by atoms with van der Waals surface area (Å²) in [5, 5.41) is 11.9. The summed E-state index contributed by atoms with van der Waals surface area (Å²) >= 11 is 12.1. The molecule has 2 aromatic carbocycles. The molecule has 1 heterocycles. The van der Waals surface area contributed by atoms with Crippen molar-refractivity contribution in [1.29, 1.82) is 0 Å². The maximum absolute atomic E-state index is 9.48. The Morgan fingerprint density at radius 3 is 2.60 bits per heavy atom. The van der Waals surface area contributed by atoms with Crippen LogP contribution in [0.5, 0.6) is 0 Å². The van der Waals surface area contributed by atoms with Crippen LogP contribution in [0.3, 0.4) is 0 Å². The van der Waals surface area contributed by atoms with Gasteiger partial charge in [-0.15, -0.1) is 0 Å². The van der Waals surface area contributed by atoms with E-state index in [2.05, 4.69) is 4.57 Å². The van der Waals surface area contributed by atoms with Gasteiger partial charge in [-0.2, -0.15) is 0 Å². The molecule has 0 unspecified atom stereocenters. The highest BCUT2D eigenvalue weighted by molar-refractivity contribution is 6.35. The Balaban J connectivity index is 2.06. The van der Waals surface area contributed by atoms with Crippen LogP contribution in [0.4, 0.5) is 0 Å². The van der Waals surface area contributed by atoms with Gasteiger partial charge in [-0.1, -0.05) is 47.5 Å².